The van der Waals surface area contributed by atoms with Crippen LogP contribution in [0.2, 0.25) is 0 Å². The molecule has 1 aliphatic rings. The first-order valence-electron chi connectivity index (χ1n) is 6.19. The topological polar surface area (TPSA) is 29.1 Å². The molecule has 0 aliphatic heterocycles. The lowest BCUT2D eigenvalue weighted by atomic mass is 9.89. The largest absolute Gasteiger partial charge is 0.355 e. The number of amides is 1. The Balaban J connectivity index is 1.72. The molecular formula is C13H18BrNOS. The minimum absolute atomic E-state index is 0.151. The molecule has 2 nitrogen and oxygen atoms in total. The number of nitrogens with one attached hydrogen (secondary N) is 1. The van der Waals surface area contributed by atoms with E-state index >= 15 is 0 Å². The Morgan fingerprint density at radius 3 is 3.00 bits per heavy atom. The van der Waals surface area contributed by atoms with Gasteiger partial charge in [-0.1, -0.05) is 34.8 Å². The Kier molecular flexibility index (Phi) is 5.04. The van der Waals surface area contributed by atoms with Crippen LogP contribution in [0.5, 0.6) is 0 Å². The van der Waals surface area contributed by atoms with Crippen LogP contribution in [0.3, 0.4) is 0 Å². The average Bonchev–Trinajstić information content (AvgIpc) is 2.81. The highest BCUT2D eigenvalue weighted by Gasteiger charge is 2.22. The lowest BCUT2D eigenvalue weighted by Crippen LogP contribution is -2.35. The van der Waals surface area contributed by atoms with E-state index in [2.05, 4.69) is 21.2 Å². The second-order valence-electron chi connectivity index (χ2n) is 4.62. The zero-order valence-corrected chi connectivity index (χ0v) is 12.2. The molecule has 2 unspecified atom stereocenters. The van der Waals surface area contributed by atoms with Crippen molar-refractivity contribution < 1.29 is 4.79 Å². The molecule has 1 aromatic heterocycles. The monoisotopic (exact) mass is 315 g/mol. The fourth-order valence-electron chi connectivity index (χ4n) is 2.27. The third-order valence-electron chi connectivity index (χ3n) is 3.29. The summed E-state index contributed by atoms with van der Waals surface area (Å²) in [7, 11) is 0. The van der Waals surface area contributed by atoms with Gasteiger partial charge in [-0.05, 0) is 30.2 Å². The van der Waals surface area contributed by atoms with E-state index in [-0.39, 0.29) is 5.91 Å². The summed E-state index contributed by atoms with van der Waals surface area (Å²) in [5, 5.41) is 5.07. The van der Waals surface area contributed by atoms with Crippen molar-refractivity contribution in [2.45, 2.75) is 36.9 Å². The third kappa shape index (κ3) is 4.11. The smallest absolute Gasteiger partial charge is 0.225 e. The number of hydrogen-bond acceptors (Lipinski definition) is 2. The number of hydrogen-bond donors (Lipinski definition) is 1. The molecule has 1 aliphatic carbocycles. The summed E-state index contributed by atoms with van der Waals surface area (Å²) in [6.07, 6.45) is 5.61. The summed E-state index contributed by atoms with van der Waals surface area (Å²) in [6.45, 7) is 0.820. The molecule has 2 atom stereocenters. The van der Waals surface area contributed by atoms with Crippen molar-refractivity contribution in [2.75, 3.05) is 6.54 Å². The zero-order valence-electron chi connectivity index (χ0n) is 9.82. The number of carbonyl (C=O) groups is 1. The van der Waals surface area contributed by atoms with Crippen LogP contribution < -0.4 is 5.32 Å². The lowest BCUT2D eigenvalue weighted by Gasteiger charge is -2.27. The number of alkyl halides is 1. The molecule has 0 radical (unpaired) electrons. The normalized spacial score (nSPS) is 24.5. The van der Waals surface area contributed by atoms with Gasteiger partial charge in [0.05, 0.1) is 6.42 Å². The predicted octanol–water partition coefficient (Wildman–Crippen LogP) is 3.36. The molecule has 1 aromatic rings. The van der Waals surface area contributed by atoms with Gasteiger partial charge in [0.25, 0.3) is 0 Å². The van der Waals surface area contributed by atoms with Crippen LogP contribution in [-0.4, -0.2) is 17.3 Å². The summed E-state index contributed by atoms with van der Waals surface area (Å²) in [5.74, 6) is 0.758. The van der Waals surface area contributed by atoms with Crippen LogP contribution in [0.4, 0.5) is 0 Å². The van der Waals surface area contributed by atoms with Crippen molar-refractivity contribution in [3.05, 3.63) is 22.4 Å². The summed E-state index contributed by atoms with van der Waals surface area (Å²) in [4.78, 5) is 13.5. The van der Waals surface area contributed by atoms with Crippen LogP contribution in [-0.2, 0) is 11.2 Å². The van der Waals surface area contributed by atoms with E-state index in [1.54, 1.807) is 11.3 Å². The first-order valence-corrected chi connectivity index (χ1v) is 7.98. The van der Waals surface area contributed by atoms with Crippen molar-refractivity contribution in [1.82, 2.24) is 5.32 Å². The van der Waals surface area contributed by atoms with Gasteiger partial charge in [-0.2, -0.15) is 0 Å². The van der Waals surface area contributed by atoms with Crippen molar-refractivity contribution >= 4 is 33.2 Å². The molecule has 94 valence electrons. The summed E-state index contributed by atoms with van der Waals surface area (Å²) >= 11 is 5.36. The first-order chi connectivity index (χ1) is 8.25. The standard InChI is InChI=1S/C13H18BrNOS/c14-12-6-2-1-4-10(12)9-15-13(16)8-11-5-3-7-17-11/h3,5,7,10,12H,1-2,4,6,8-9H2,(H,15,16). The maximum atomic E-state index is 11.7. The Bertz CT molecular complexity index is 352. The van der Waals surface area contributed by atoms with E-state index in [0.29, 0.717) is 17.2 Å². The fraction of sp³-hybridized carbons (Fsp3) is 0.615. The highest BCUT2D eigenvalue weighted by Crippen LogP contribution is 2.29. The number of halogens is 1. The van der Waals surface area contributed by atoms with E-state index in [9.17, 15) is 4.79 Å². The van der Waals surface area contributed by atoms with Gasteiger partial charge in [-0.3, -0.25) is 4.79 Å². The maximum Gasteiger partial charge on any atom is 0.225 e. The van der Waals surface area contributed by atoms with Gasteiger partial charge in [-0.15, -0.1) is 11.3 Å². The zero-order chi connectivity index (χ0) is 12.1. The summed E-state index contributed by atoms with van der Waals surface area (Å²) in [5.41, 5.74) is 0. The minimum Gasteiger partial charge on any atom is -0.355 e. The molecule has 17 heavy (non-hydrogen) atoms. The highest BCUT2D eigenvalue weighted by molar-refractivity contribution is 9.09. The van der Waals surface area contributed by atoms with E-state index in [0.717, 1.165) is 11.4 Å². The fourth-order valence-corrected chi connectivity index (χ4v) is 3.75. The van der Waals surface area contributed by atoms with E-state index in [1.165, 1.54) is 25.7 Å². The second kappa shape index (κ2) is 6.55. The van der Waals surface area contributed by atoms with Crippen LogP contribution in [0.15, 0.2) is 17.5 Å². The number of carbonyl (C=O) groups excluding carboxylic acids is 1. The molecule has 4 heteroatoms. The SMILES string of the molecule is O=C(Cc1cccs1)NCC1CCCCC1Br. The molecule has 1 saturated carbocycles. The lowest BCUT2D eigenvalue weighted by molar-refractivity contribution is -0.120. The summed E-state index contributed by atoms with van der Waals surface area (Å²) < 4.78 is 0. The van der Waals surface area contributed by atoms with Crippen LogP contribution in [0.25, 0.3) is 0 Å². The maximum absolute atomic E-state index is 11.7. The molecule has 0 bridgehead atoms. The van der Waals surface area contributed by atoms with E-state index in [1.807, 2.05) is 17.5 Å². The quantitative estimate of drug-likeness (QED) is 0.848. The number of thiophene rings is 1. The van der Waals surface area contributed by atoms with Crippen molar-refractivity contribution in [1.29, 1.82) is 0 Å². The van der Waals surface area contributed by atoms with Gasteiger partial charge in [0.1, 0.15) is 0 Å². The molecule has 0 saturated heterocycles. The molecule has 1 fully saturated rings. The highest BCUT2D eigenvalue weighted by atomic mass is 79.9. The Hall–Kier alpha value is -0.350. The van der Waals surface area contributed by atoms with Gasteiger partial charge < -0.3 is 5.32 Å². The molecule has 2 rings (SSSR count). The van der Waals surface area contributed by atoms with Gasteiger partial charge in [0.15, 0.2) is 0 Å². The number of rotatable bonds is 4. The Labute approximate surface area is 115 Å². The van der Waals surface area contributed by atoms with Crippen LogP contribution in [0.1, 0.15) is 30.6 Å². The molecule has 1 N–H and O–H groups in total. The Morgan fingerprint density at radius 1 is 1.47 bits per heavy atom. The minimum atomic E-state index is 0.151. The van der Waals surface area contributed by atoms with Crippen molar-refractivity contribution in [3.63, 3.8) is 0 Å². The van der Waals surface area contributed by atoms with Gasteiger partial charge >= 0.3 is 0 Å². The molecule has 1 amide bonds. The second-order valence-corrected chi connectivity index (χ2v) is 6.83. The molecular weight excluding hydrogens is 298 g/mol. The van der Waals surface area contributed by atoms with Crippen LogP contribution >= 0.6 is 27.3 Å². The van der Waals surface area contributed by atoms with Crippen LogP contribution in [0, 0.1) is 5.92 Å². The van der Waals surface area contributed by atoms with Gasteiger partial charge in [-0.25, -0.2) is 0 Å². The summed E-state index contributed by atoms with van der Waals surface area (Å²) in [6, 6.07) is 4.00. The molecule has 0 spiro atoms. The first kappa shape index (κ1) is 13.1. The average molecular weight is 316 g/mol. The van der Waals surface area contributed by atoms with E-state index < -0.39 is 0 Å². The molecule has 0 aromatic carbocycles. The predicted molar refractivity (Wildman–Crippen MR) is 75.7 cm³/mol. The van der Waals surface area contributed by atoms with Gasteiger partial charge in [0.2, 0.25) is 5.91 Å². The third-order valence-corrected chi connectivity index (χ3v) is 5.37. The van der Waals surface area contributed by atoms with Crippen molar-refractivity contribution in [3.8, 4) is 0 Å². The molecule has 1 heterocycles. The van der Waals surface area contributed by atoms with E-state index in [4.69, 9.17) is 0 Å². The Morgan fingerprint density at radius 2 is 2.29 bits per heavy atom. The van der Waals surface area contributed by atoms with Gasteiger partial charge in [0, 0.05) is 16.2 Å². The van der Waals surface area contributed by atoms with Crippen molar-refractivity contribution in [2.24, 2.45) is 5.92 Å².